The summed E-state index contributed by atoms with van der Waals surface area (Å²) >= 11 is 0. The zero-order valence-corrected chi connectivity index (χ0v) is 17.8. The molecule has 4 rings (SSSR count). The average molecular weight is 440 g/mol. The molecule has 0 spiro atoms. The van der Waals surface area contributed by atoms with E-state index in [4.69, 9.17) is 18.6 Å². The molecule has 1 saturated heterocycles. The van der Waals surface area contributed by atoms with Crippen LogP contribution in [0, 0.1) is 10.1 Å². The first kappa shape index (κ1) is 21.8. The third-order valence-corrected chi connectivity index (χ3v) is 5.45. The first-order valence-electron chi connectivity index (χ1n) is 10.4. The Morgan fingerprint density at radius 1 is 1.19 bits per heavy atom. The zero-order valence-electron chi connectivity index (χ0n) is 17.8. The van der Waals surface area contributed by atoms with Gasteiger partial charge < -0.3 is 23.9 Å². The Balaban J connectivity index is 1.59. The lowest BCUT2D eigenvalue weighted by Gasteiger charge is -2.25. The van der Waals surface area contributed by atoms with Gasteiger partial charge in [0.05, 0.1) is 23.7 Å². The molecule has 1 aliphatic rings. The SMILES string of the molecule is COc1ccc(C(=O)Oc2ccc([N+](=O)[O-])cc2)c2cc(C(C)OC3CCNCC3)oc12. The predicted octanol–water partition coefficient (Wildman–Crippen LogP) is 4.40. The second-order valence-electron chi connectivity index (χ2n) is 7.58. The number of nitrogens with one attached hydrogen (secondary N) is 1. The summed E-state index contributed by atoms with van der Waals surface area (Å²) in [6, 6.07) is 10.3. The molecule has 1 atom stereocenters. The van der Waals surface area contributed by atoms with Gasteiger partial charge in [-0.2, -0.15) is 0 Å². The van der Waals surface area contributed by atoms with E-state index in [1.165, 1.54) is 31.4 Å². The first-order chi connectivity index (χ1) is 15.5. The van der Waals surface area contributed by atoms with E-state index in [1.54, 1.807) is 18.2 Å². The molecule has 1 aromatic heterocycles. The number of esters is 1. The molecule has 1 unspecified atom stereocenters. The molecule has 2 aromatic carbocycles. The number of carbonyl (C=O) groups is 1. The quantitative estimate of drug-likeness (QED) is 0.249. The second-order valence-corrected chi connectivity index (χ2v) is 7.58. The molecule has 168 valence electrons. The van der Waals surface area contributed by atoms with Crippen molar-refractivity contribution in [2.45, 2.75) is 32.0 Å². The number of benzene rings is 2. The highest BCUT2D eigenvalue weighted by Gasteiger charge is 2.24. The normalized spacial score (nSPS) is 15.4. The van der Waals surface area contributed by atoms with Crippen molar-refractivity contribution < 1.29 is 28.3 Å². The fraction of sp³-hybridized carbons (Fsp3) is 0.348. The lowest BCUT2D eigenvalue weighted by Crippen LogP contribution is -2.32. The lowest BCUT2D eigenvalue weighted by molar-refractivity contribution is -0.384. The van der Waals surface area contributed by atoms with Gasteiger partial charge in [-0.05, 0) is 63.2 Å². The van der Waals surface area contributed by atoms with Crippen molar-refractivity contribution in [1.82, 2.24) is 5.32 Å². The van der Waals surface area contributed by atoms with Crippen molar-refractivity contribution in [3.05, 3.63) is 63.9 Å². The molecule has 32 heavy (non-hydrogen) atoms. The van der Waals surface area contributed by atoms with Crippen molar-refractivity contribution in [3.8, 4) is 11.5 Å². The molecule has 0 saturated carbocycles. The maximum atomic E-state index is 12.9. The van der Waals surface area contributed by atoms with E-state index in [0.717, 1.165) is 25.9 Å². The molecule has 9 nitrogen and oxygen atoms in total. The van der Waals surface area contributed by atoms with Crippen LogP contribution in [0.2, 0.25) is 0 Å². The van der Waals surface area contributed by atoms with Gasteiger partial charge in [-0.25, -0.2) is 4.79 Å². The number of methoxy groups -OCH3 is 1. The van der Waals surface area contributed by atoms with E-state index < -0.39 is 10.9 Å². The van der Waals surface area contributed by atoms with Gasteiger partial charge in [-0.15, -0.1) is 0 Å². The monoisotopic (exact) mass is 440 g/mol. The molecule has 1 aliphatic heterocycles. The molecule has 1 fully saturated rings. The van der Waals surface area contributed by atoms with Crippen LogP contribution in [-0.2, 0) is 4.74 Å². The third kappa shape index (κ3) is 4.58. The van der Waals surface area contributed by atoms with E-state index in [2.05, 4.69) is 5.32 Å². The number of rotatable bonds is 7. The maximum Gasteiger partial charge on any atom is 0.344 e. The average Bonchev–Trinajstić information content (AvgIpc) is 3.25. The lowest BCUT2D eigenvalue weighted by atomic mass is 10.1. The van der Waals surface area contributed by atoms with Crippen LogP contribution < -0.4 is 14.8 Å². The summed E-state index contributed by atoms with van der Waals surface area (Å²) in [6.07, 6.45) is 1.71. The first-order valence-corrected chi connectivity index (χ1v) is 10.4. The fourth-order valence-corrected chi connectivity index (χ4v) is 3.74. The molecule has 1 N–H and O–H groups in total. The fourth-order valence-electron chi connectivity index (χ4n) is 3.74. The summed E-state index contributed by atoms with van der Waals surface area (Å²) < 4.78 is 23.0. The minimum absolute atomic E-state index is 0.0844. The number of ether oxygens (including phenoxy) is 3. The van der Waals surface area contributed by atoms with Crippen LogP contribution in [-0.4, -0.2) is 37.2 Å². The van der Waals surface area contributed by atoms with Gasteiger partial charge in [0.2, 0.25) is 0 Å². The van der Waals surface area contributed by atoms with Gasteiger partial charge in [0.1, 0.15) is 17.6 Å². The largest absolute Gasteiger partial charge is 0.493 e. The van der Waals surface area contributed by atoms with Crippen molar-refractivity contribution in [3.63, 3.8) is 0 Å². The number of nitro groups is 1. The standard InChI is InChI=1S/C23H24N2O7/c1-14(30-17-9-11-24-12-10-17)21-13-19-18(7-8-20(29-2)22(19)32-21)23(26)31-16-5-3-15(4-6-16)25(27)28/h3-8,13-14,17,24H,9-12H2,1-2H3. The van der Waals surface area contributed by atoms with Crippen LogP contribution >= 0.6 is 0 Å². The molecule has 0 bridgehead atoms. The number of furan rings is 1. The van der Waals surface area contributed by atoms with Gasteiger partial charge in [0, 0.05) is 17.5 Å². The Morgan fingerprint density at radius 3 is 2.56 bits per heavy atom. The Morgan fingerprint density at radius 2 is 1.91 bits per heavy atom. The number of piperidine rings is 1. The smallest absolute Gasteiger partial charge is 0.344 e. The summed E-state index contributed by atoms with van der Waals surface area (Å²) in [6.45, 7) is 3.76. The van der Waals surface area contributed by atoms with Crippen molar-refractivity contribution in [2.75, 3.05) is 20.2 Å². The second kappa shape index (κ2) is 9.37. The maximum absolute atomic E-state index is 12.9. The molecule has 2 heterocycles. The molecular weight excluding hydrogens is 416 g/mol. The van der Waals surface area contributed by atoms with E-state index >= 15 is 0 Å². The number of hydrogen-bond acceptors (Lipinski definition) is 8. The van der Waals surface area contributed by atoms with Gasteiger partial charge in [0.15, 0.2) is 11.3 Å². The highest BCUT2D eigenvalue weighted by Crippen LogP contribution is 2.35. The Kier molecular flexibility index (Phi) is 6.38. The molecule has 9 heteroatoms. The van der Waals surface area contributed by atoms with Crippen molar-refractivity contribution in [2.24, 2.45) is 0 Å². The number of nitrogens with zero attached hydrogens (tertiary/aromatic N) is 1. The summed E-state index contributed by atoms with van der Waals surface area (Å²) in [7, 11) is 1.53. The Bertz CT molecular complexity index is 1120. The number of hydrogen-bond donors (Lipinski definition) is 1. The number of non-ortho nitro benzene ring substituents is 1. The van der Waals surface area contributed by atoms with E-state index in [-0.39, 0.29) is 23.6 Å². The van der Waals surface area contributed by atoms with E-state index in [9.17, 15) is 14.9 Å². The molecule has 0 radical (unpaired) electrons. The van der Waals surface area contributed by atoms with Crippen LogP contribution in [0.1, 0.15) is 42.0 Å². The summed E-state index contributed by atoms with van der Waals surface area (Å²) in [5.41, 5.74) is 0.642. The summed E-state index contributed by atoms with van der Waals surface area (Å²) in [4.78, 5) is 23.2. The van der Waals surface area contributed by atoms with Crippen LogP contribution in [0.5, 0.6) is 11.5 Å². The topological polar surface area (TPSA) is 113 Å². The minimum atomic E-state index is -0.606. The van der Waals surface area contributed by atoms with Gasteiger partial charge in [0.25, 0.3) is 5.69 Å². The third-order valence-electron chi connectivity index (χ3n) is 5.45. The van der Waals surface area contributed by atoms with Crippen molar-refractivity contribution in [1.29, 1.82) is 0 Å². The highest BCUT2D eigenvalue weighted by molar-refractivity contribution is 6.05. The minimum Gasteiger partial charge on any atom is -0.493 e. The van der Waals surface area contributed by atoms with Crippen LogP contribution in [0.3, 0.4) is 0 Å². The van der Waals surface area contributed by atoms with Crippen LogP contribution in [0.25, 0.3) is 11.0 Å². The summed E-state index contributed by atoms with van der Waals surface area (Å²) in [5.74, 6) is 0.682. The molecule has 0 amide bonds. The summed E-state index contributed by atoms with van der Waals surface area (Å²) in [5, 5.41) is 14.7. The predicted molar refractivity (Wildman–Crippen MR) is 116 cm³/mol. The highest BCUT2D eigenvalue weighted by atomic mass is 16.6. The van der Waals surface area contributed by atoms with Crippen molar-refractivity contribution >= 4 is 22.6 Å². The number of fused-ring (bicyclic) bond motifs is 1. The van der Waals surface area contributed by atoms with E-state index in [1.807, 2.05) is 6.92 Å². The van der Waals surface area contributed by atoms with Gasteiger partial charge >= 0.3 is 5.97 Å². The zero-order chi connectivity index (χ0) is 22.7. The number of nitro benzene ring substituents is 1. The van der Waals surface area contributed by atoms with Crippen LogP contribution in [0.4, 0.5) is 5.69 Å². The van der Waals surface area contributed by atoms with Gasteiger partial charge in [-0.3, -0.25) is 10.1 Å². The molecule has 3 aromatic rings. The van der Waals surface area contributed by atoms with Gasteiger partial charge in [-0.1, -0.05) is 0 Å². The molecular formula is C23H24N2O7. The van der Waals surface area contributed by atoms with Crippen LogP contribution in [0.15, 0.2) is 46.9 Å². The Labute approximate surface area is 184 Å². The Hall–Kier alpha value is -3.43. The number of carbonyl (C=O) groups excluding carboxylic acids is 1. The van der Waals surface area contributed by atoms with E-state index in [0.29, 0.717) is 28.0 Å². The molecule has 0 aliphatic carbocycles.